The van der Waals surface area contributed by atoms with E-state index in [0.717, 1.165) is 0 Å². The normalized spacial score (nSPS) is 11.8. The van der Waals surface area contributed by atoms with Gasteiger partial charge in [0.05, 0.1) is 5.02 Å². The Morgan fingerprint density at radius 1 is 1.56 bits per heavy atom. The molecule has 0 atom stereocenters. The van der Waals surface area contributed by atoms with Gasteiger partial charge in [-0.1, -0.05) is 11.6 Å². The van der Waals surface area contributed by atoms with Crippen molar-refractivity contribution in [1.82, 2.24) is 14.5 Å². The maximum Gasteiger partial charge on any atom is 0.190 e. The van der Waals surface area contributed by atoms with Crippen LogP contribution in [0.1, 0.15) is 6.92 Å². The molecule has 0 fully saturated rings. The van der Waals surface area contributed by atoms with E-state index in [1.807, 2.05) is 0 Å². The van der Waals surface area contributed by atoms with Gasteiger partial charge in [-0.05, 0) is 13.0 Å². The van der Waals surface area contributed by atoms with Crippen molar-refractivity contribution in [1.29, 1.82) is 0 Å². The lowest BCUT2D eigenvalue weighted by Crippen LogP contribution is -2.04. The summed E-state index contributed by atoms with van der Waals surface area (Å²) in [5, 5.41) is 0.247. The molecular weight excluding hydrogens is 231 g/mol. The summed E-state index contributed by atoms with van der Waals surface area (Å²) in [6.45, 7) is 1.73. The molecule has 16 heavy (non-hydrogen) atoms. The van der Waals surface area contributed by atoms with E-state index in [2.05, 4.69) is 15.0 Å². The monoisotopic (exact) mass is 238 g/mol. The van der Waals surface area contributed by atoms with Gasteiger partial charge in [0.1, 0.15) is 12.2 Å². The number of hydrogen-bond donors (Lipinski definition) is 0. The van der Waals surface area contributed by atoms with Crippen LogP contribution in [0, 0.1) is 5.82 Å². The predicted octanol–water partition coefficient (Wildman–Crippen LogP) is 2.67. The lowest BCUT2D eigenvalue weighted by atomic mass is 10.4. The van der Waals surface area contributed by atoms with E-state index in [9.17, 15) is 4.39 Å². The molecule has 0 saturated carbocycles. The minimum Gasteiger partial charge on any atom is -0.294 e. The minimum absolute atomic E-state index is 0.00981. The Hall–Kier alpha value is -1.75. The van der Waals surface area contributed by atoms with Crippen LogP contribution in [0.15, 0.2) is 36.0 Å². The van der Waals surface area contributed by atoms with Gasteiger partial charge in [0, 0.05) is 18.6 Å². The van der Waals surface area contributed by atoms with Crippen molar-refractivity contribution in [3.8, 4) is 0 Å². The molecule has 2 rings (SSSR count). The second-order valence-corrected chi connectivity index (χ2v) is 3.52. The fourth-order valence-corrected chi connectivity index (χ4v) is 1.30. The summed E-state index contributed by atoms with van der Waals surface area (Å²) in [7, 11) is 0. The van der Waals surface area contributed by atoms with Gasteiger partial charge in [0.25, 0.3) is 0 Å². The molecule has 0 aliphatic heterocycles. The molecule has 0 spiro atoms. The van der Waals surface area contributed by atoms with E-state index in [1.165, 1.54) is 12.3 Å². The van der Waals surface area contributed by atoms with Crippen LogP contribution in [-0.2, 0) is 0 Å². The highest BCUT2D eigenvalue weighted by atomic mass is 35.5. The molecule has 6 heteroatoms. The van der Waals surface area contributed by atoms with Crippen molar-refractivity contribution < 1.29 is 4.39 Å². The number of hydrogen-bond acceptors (Lipinski definition) is 3. The quantitative estimate of drug-likeness (QED) is 0.566. The second-order valence-electron chi connectivity index (χ2n) is 3.09. The summed E-state index contributed by atoms with van der Waals surface area (Å²) in [4.78, 5) is 11.7. The smallest absolute Gasteiger partial charge is 0.190 e. The fourth-order valence-electron chi connectivity index (χ4n) is 1.15. The maximum absolute atomic E-state index is 13.4. The van der Waals surface area contributed by atoms with E-state index in [0.29, 0.717) is 5.84 Å². The Morgan fingerprint density at radius 2 is 2.38 bits per heavy atom. The average molecular weight is 239 g/mol. The number of nitrogens with zero attached hydrogens (tertiary/aromatic N) is 4. The average Bonchev–Trinajstić information content (AvgIpc) is 2.75. The van der Waals surface area contributed by atoms with Crippen LogP contribution >= 0.6 is 11.6 Å². The number of rotatable bonds is 1. The second kappa shape index (κ2) is 4.40. The molecule has 0 unspecified atom stereocenters. The van der Waals surface area contributed by atoms with E-state index >= 15 is 0 Å². The molecule has 0 aliphatic carbocycles. The van der Waals surface area contributed by atoms with Gasteiger partial charge in [-0.25, -0.2) is 19.4 Å². The van der Waals surface area contributed by atoms with Crippen molar-refractivity contribution in [2.45, 2.75) is 6.92 Å². The Bertz CT molecular complexity index is 522. The molecule has 82 valence electrons. The summed E-state index contributed by atoms with van der Waals surface area (Å²) in [5.74, 6) is 0.0359. The Kier molecular flexibility index (Phi) is 2.96. The van der Waals surface area contributed by atoms with Crippen LogP contribution in [0.4, 0.5) is 10.2 Å². The largest absolute Gasteiger partial charge is 0.294 e. The molecule has 0 amide bonds. The first-order valence-electron chi connectivity index (χ1n) is 4.51. The summed E-state index contributed by atoms with van der Waals surface area (Å²) in [6.07, 6.45) is 6.26. The third-order valence-corrected chi connectivity index (χ3v) is 2.14. The highest BCUT2D eigenvalue weighted by Crippen LogP contribution is 2.18. The van der Waals surface area contributed by atoms with Crippen LogP contribution in [0.2, 0.25) is 5.02 Å². The van der Waals surface area contributed by atoms with Crippen molar-refractivity contribution >= 4 is 23.3 Å². The van der Waals surface area contributed by atoms with Gasteiger partial charge in [0.15, 0.2) is 11.6 Å². The SMILES string of the molecule is C/C(=N\c1ncc(Cl)cc1F)n1ccnc1. The van der Waals surface area contributed by atoms with Crippen LogP contribution in [0.3, 0.4) is 0 Å². The summed E-state index contributed by atoms with van der Waals surface area (Å²) in [6, 6.07) is 1.18. The van der Waals surface area contributed by atoms with Crippen LogP contribution in [-0.4, -0.2) is 20.4 Å². The van der Waals surface area contributed by atoms with Crippen molar-refractivity contribution in [2.75, 3.05) is 0 Å². The third kappa shape index (κ3) is 2.25. The highest BCUT2D eigenvalue weighted by molar-refractivity contribution is 6.30. The van der Waals surface area contributed by atoms with Crippen LogP contribution in [0.5, 0.6) is 0 Å². The van der Waals surface area contributed by atoms with Gasteiger partial charge in [-0.15, -0.1) is 0 Å². The van der Waals surface area contributed by atoms with Crippen molar-refractivity contribution in [3.63, 3.8) is 0 Å². The summed E-state index contributed by atoms with van der Waals surface area (Å²) < 4.78 is 15.0. The number of pyridine rings is 1. The third-order valence-electron chi connectivity index (χ3n) is 1.93. The van der Waals surface area contributed by atoms with Crippen LogP contribution < -0.4 is 0 Å². The number of aromatic nitrogens is 3. The molecule has 2 aromatic rings. The van der Waals surface area contributed by atoms with E-state index in [1.54, 1.807) is 30.2 Å². The molecule has 0 N–H and O–H groups in total. The van der Waals surface area contributed by atoms with Crippen LogP contribution in [0.25, 0.3) is 0 Å². The molecular formula is C10H8ClFN4. The number of halogens is 2. The minimum atomic E-state index is -0.549. The Labute approximate surface area is 96.4 Å². The lowest BCUT2D eigenvalue weighted by Gasteiger charge is -2.01. The predicted molar refractivity (Wildman–Crippen MR) is 59.6 cm³/mol. The van der Waals surface area contributed by atoms with Gasteiger partial charge in [-0.3, -0.25) is 4.57 Å². The Morgan fingerprint density at radius 3 is 3.00 bits per heavy atom. The topological polar surface area (TPSA) is 43.1 Å². The highest BCUT2D eigenvalue weighted by Gasteiger charge is 2.04. The maximum atomic E-state index is 13.4. The molecule has 2 heterocycles. The lowest BCUT2D eigenvalue weighted by molar-refractivity contribution is 0.624. The molecule has 0 aliphatic rings. The Balaban J connectivity index is 2.36. The fraction of sp³-hybridized carbons (Fsp3) is 0.100. The van der Waals surface area contributed by atoms with E-state index < -0.39 is 5.82 Å². The van der Waals surface area contributed by atoms with Gasteiger partial charge >= 0.3 is 0 Å². The standard InChI is InChI=1S/C10H8ClFN4/c1-7(16-3-2-13-6-16)15-10-9(12)4-8(11)5-14-10/h2-6H,1H3/b15-7+. The number of aliphatic imine (C=N–C) groups is 1. The first kappa shape index (κ1) is 10.8. The number of imidazole rings is 1. The first-order valence-corrected chi connectivity index (χ1v) is 4.89. The molecule has 0 aromatic carbocycles. The van der Waals surface area contributed by atoms with Gasteiger partial charge in [-0.2, -0.15) is 0 Å². The molecule has 2 aromatic heterocycles. The zero-order valence-corrected chi connectivity index (χ0v) is 9.19. The van der Waals surface area contributed by atoms with Gasteiger partial charge in [0.2, 0.25) is 0 Å². The zero-order chi connectivity index (χ0) is 11.5. The first-order chi connectivity index (χ1) is 7.66. The zero-order valence-electron chi connectivity index (χ0n) is 8.43. The molecule has 4 nitrogen and oxygen atoms in total. The molecule has 0 bridgehead atoms. The molecule has 0 saturated heterocycles. The van der Waals surface area contributed by atoms with Crippen molar-refractivity contribution in [3.05, 3.63) is 41.8 Å². The summed E-state index contributed by atoms with van der Waals surface area (Å²) >= 11 is 5.59. The van der Waals surface area contributed by atoms with E-state index in [-0.39, 0.29) is 10.8 Å². The van der Waals surface area contributed by atoms with E-state index in [4.69, 9.17) is 11.6 Å². The van der Waals surface area contributed by atoms with Gasteiger partial charge < -0.3 is 0 Å². The van der Waals surface area contributed by atoms with Crippen molar-refractivity contribution in [2.24, 2.45) is 4.99 Å². The summed E-state index contributed by atoms with van der Waals surface area (Å²) in [5.41, 5.74) is 0. The molecule has 0 radical (unpaired) electrons.